The molecular formula is C13H26O. The molecule has 0 aromatic carbocycles. The van der Waals surface area contributed by atoms with Crippen molar-refractivity contribution in [2.24, 2.45) is 16.7 Å². The summed E-state index contributed by atoms with van der Waals surface area (Å²) in [7, 11) is 0. The van der Waals surface area contributed by atoms with Gasteiger partial charge in [0.2, 0.25) is 0 Å². The van der Waals surface area contributed by atoms with Crippen molar-refractivity contribution in [2.75, 3.05) is 0 Å². The molecule has 0 saturated heterocycles. The maximum atomic E-state index is 12.1. The fraction of sp³-hybridized carbons (Fsp3) is 0.923. The predicted octanol–water partition coefficient (Wildman–Crippen LogP) is 4.06. The highest BCUT2D eigenvalue weighted by Gasteiger charge is 2.34. The standard InChI is InChI=1S/C13H26O/c1-8-10(2)11(14)13(6,7)9-12(3,4)5/h10H,8-9H2,1-7H3. The minimum atomic E-state index is -0.173. The Morgan fingerprint density at radius 1 is 1.14 bits per heavy atom. The van der Waals surface area contributed by atoms with E-state index in [1.54, 1.807) is 0 Å². The van der Waals surface area contributed by atoms with E-state index in [0.29, 0.717) is 5.78 Å². The largest absolute Gasteiger partial charge is 0.299 e. The van der Waals surface area contributed by atoms with Crippen molar-refractivity contribution in [2.45, 2.75) is 61.3 Å². The van der Waals surface area contributed by atoms with E-state index in [0.717, 1.165) is 12.8 Å². The van der Waals surface area contributed by atoms with Crippen LogP contribution in [0.2, 0.25) is 0 Å². The Balaban J connectivity index is 4.54. The first kappa shape index (κ1) is 13.7. The van der Waals surface area contributed by atoms with Crippen molar-refractivity contribution in [1.82, 2.24) is 0 Å². The van der Waals surface area contributed by atoms with Crippen molar-refractivity contribution in [3.05, 3.63) is 0 Å². The topological polar surface area (TPSA) is 17.1 Å². The Hall–Kier alpha value is -0.330. The van der Waals surface area contributed by atoms with Gasteiger partial charge in [0.1, 0.15) is 5.78 Å². The van der Waals surface area contributed by atoms with Gasteiger partial charge in [0.05, 0.1) is 0 Å². The van der Waals surface area contributed by atoms with Crippen LogP contribution in [0, 0.1) is 16.7 Å². The molecule has 0 aromatic heterocycles. The fourth-order valence-corrected chi connectivity index (χ4v) is 2.27. The quantitative estimate of drug-likeness (QED) is 0.665. The van der Waals surface area contributed by atoms with Gasteiger partial charge in [0, 0.05) is 11.3 Å². The van der Waals surface area contributed by atoms with Crippen molar-refractivity contribution < 1.29 is 4.79 Å². The Morgan fingerprint density at radius 3 is 1.86 bits per heavy atom. The van der Waals surface area contributed by atoms with Crippen LogP contribution in [0.15, 0.2) is 0 Å². The number of ketones is 1. The molecule has 0 bridgehead atoms. The molecule has 1 unspecified atom stereocenters. The van der Waals surface area contributed by atoms with Crippen LogP contribution in [0.3, 0.4) is 0 Å². The van der Waals surface area contributed by atoms with Crippen LogP contribution >= 0.6 is 0 Å². The van der Waals surface area contributed by atoms with E-state index in [4.69, 9.17) is 0 Å². The predicted molar refractivity (Wildman–Crippen MR) is 62.3 cm³/mol. The minimum Gasteiger partial charge on any atom is -0.299 e. The lowest BCUT2D eigenvalue weighted by molar-refractivity contribution is -0.132. The van der Waals surface area contributed by atoms with Gasteiger partial charge in [-0.25, -0.2) is 0 Å². The van der Waals surface area contributed by atoms with E-state index in [1.165, 1.54) is 0 Å². The molecule has 0 aromatic rings. The van der Waals surface area contributed by atoms with Crippen LogP contribution in [-0.4, -0.2) is 5.78 Å². The summed E-state index contributed by atoms with van der Waals surface area (Å²) >= 11 is 0. The van der Waals surface area contributed by atoms with Crippen molar-refractivity contribution in [3.8, 4) is 0 Å². The van der Waals surface area contributed by atoms with Gasteiger partial charge in [-0.05, 0) is 18.3 Å². The normalized spacial score (nSPS) is 15.4. The average Bonchev–Trinajstić information content (AvgIpc) is 1.97. The second kappa shape index (κ2) is 4.46. The number of hydrogen-bond donors (Lipinski definition) is 0. The van der Waals surface area contributed by atoms with Gasteiger partial charge in [-0.1, -0.05) is 48.5 Å². The zero-order valence-electron chi connectivity index (χ0n) is 10.9. The van der Waals surface area contributed by atoms with E-state index < -0.39 is 0 Å². The van der Waals surface area contributed by atoms with Gasteiger partial charge >= 0.3 is 0 Å². The van der Waals surface area contributed by atoms with E-state index in [9.17, 15) is 4.79 Å². The Morgan fingerprint density at radius 2 is 1.57 bits per heavy atom. The summed E-state index contributed by atoms with van der Waals surface area (Å²) in [4.78, 5) is 12.1. The molecule has 0 rings (SSSR count). The van der Waals surface area contributed by atoms with Crippen LogP contribution < -0.4 is 0 Å². The first-order valence-corrected chi connectivity index (χ1v) is 5.64. The minimum absolute atomic E-state index is 0.173. The monoisotopic (exact) mass is 198 g/mol. The van der Waals surface area contributed by atoms with E-state index in [1.807, 2.05) is 6.92 Å². The maximum Gasteiger partial charge on any atom is 0.141 e. The van der Waals surface area contributed by atoms with Gasteiger partial charge in [-0.15, -0.1) is 0 Å². The Kier molecular flexibility index (Phi) is 4.35. The summed E-state index contributed by atoms with van der Waals surface area (Å²) in [6.07, 6.45) is 1.91. The van der Waals surface area contributed by atoms with E-state index >= 15 is 0 Å². The molecule has 0 radical (unpaired) electrons. The van der Waals surface area contributed by atoms with Crippen molar-refractivity contribution in [3.63, 3.8) is 0 Å². The molecule has 0 N–H and O–H groups in total. The van der Waals surface area contributed by atoms with Gasteiger partial charge in [0.15, 0.2) is 0 Å². The van der Waals surface area contributed by atoms with Crippen LogP contribution in [0.1, 0.15) is 61.3 Å². The lowest BCUT2D eigenvalue weighted by Gasteiger charge is -2.32. The molecule has 0 fully saturated rings. The lowest BCUT2D eigenvalue weighted by atomic mass is 9.71. The third-order valence-electron chi connectivity index (χ3n) is 2.70. The molecule has 0 saturated carbocycles. The summed E-state index contributed by atoms with van der Waals surface area (Å²) in [6, 6.07) is 0. The number of rotatable bonds is 4. The Labute approximate surface area is 89.3 Å². The first-order chi connectivity index (χ1) is 6.10. The first-order valence-electron chi connectivity index (χ1n) is 5.64. The average molecular weight is 198 g/mol. The number of Topliss-reactive ketones (excluding diaryl/α,β-unsaturated/α-hetero) is 1. The molecule has 0 heterocycles. The highest BCUT2D eigenvalue weighted by molar-refractivity contribution is 5.86. The van der Waals surface area contributed by atoms with Crippen molar-refractivity contribution >= 4 is 5.78 Å². The molecule has 1 atom stereocenters. The van der Waals surface area contributed by atoms with E-state index in [-0.39, 0.29) is 16.7 Å². The summed E-state index contributed by atoms with van der Waals surface area (Å²) < 4.78 is 0. The summed E-state index contributed by atoms with van der Waals surface area (Å²) in [5.41, 5.74) is 0.0559. The molecular weight excluding hydrogens is 172 g/mol. The molecule has 14 heavy (non-hydrogen) atoms. The zero-order valence-corrected chi connectivity index (χ0v) is 10.9. The molecule has 0 aliphatic carbocycles. The number of carbonyl (C=O) groups is 1. The van der Waals surface area contributed by atoms with Gasteiger partial charge < -0.3 is 0 Å². The second-order valence-electron chi connectivity index (χ2n) is 6.29. The van der Waals surface area contributed by atoms with Crippen LogP contribution in [-0.2, 0) is 4.79 Å². The highest BCUT2D eigenvalue weighted by atomic mass is 16.1. The summed E-state index contributed by atoms with van der Waals surface area (Å²) in [5, 5.41) is 0. The molecule has 0 spiro atoms. The molecule has 1 nitrogen and oxygen atoms in total. The highest BCUT2D eigenvalue weighted by Crippen LogP contribution is 2.35. The SMILES string of the molecule is CCC(C)C(=O)C(C)(C)CC(C)(C)C. The molecule has 1 heteroatoms. The molecule has 0 amide bonds. The smallest absolute Gasteiger partial charge is 0.141 e. The van der Waals surface area contributed by atoms with Gasteiger partial charge in [-0.3, -0.25) is 4.79 Å². The van der Waals surface area contributed by atoms with E-state index in [2.05, 4.69) is 41.5 Å². The molecule has 0 aliphatic rings. The Bertz CT molecular complexity index is 196. The number of carbonyl (C=O) groups excluding carboxylic acids is 1. The maximum absolute atomic E-state index is 12.1. The second-order valence-corrected chi connectivity index (χ2v) is 6.29. The van der Waals surface area contributed by atoms with Crippen molar-refractivity contribution in [1.29, 1.82) is 0 Å². The van der Waals surface area contributed by atoms with Crippen LogP contribution in [0.4, 0.5) is 0 Å². The zero-order chi connectivity index (χ0) is 11.6. The fourth-order valence-electron chi connectivity index (χ4n) is 2.27. The molecule has 84 valence electrons. The molecule has 0 aliphatic heterocycles. The van der Waals surface area contributed by atoms with Gasteiger partial charge in [0.25, 0.3) is 0 Å². The van der Waals surface area contributed by atoms with Crippen LogP contribution in [0.5, 0.6) is 0 Å². The summed E-state index contributed by atoms with van der Waals surface area (Å²) in [5.74, 6) is 0.613. The third-order valence-corrected chi connectivity index (χ3v) is 2.70. The van der Waals surface area contributed by atoms with Gasteiger partial charge in [-0.2, -0.15) is 0 Å². The third kappa shape index (κ3) is 4.26. The summed E-state index contributed by atoms with van der Waals surface area (Å²) in [6.45, 7) is 14.8. The van der Waals surface area contributed by atoms with Crippen LogP contribution in [0.25, 0.3) is 0 Å². The number of hydrogen-bond acceptors (Lipinski definition) is 1. The lowest BCUT2D eigenvalue weighted by Crippen LogP contribution is -2.33.